The molecular formula is C47H77KN6O9S. The summed E-state index contributed by atoms with van der Waals surface area (Å²) in [4.78, 5) is 58.5. The van der Waals surface area contributed by atoms with Crippen molar-refractivity contribution in [2.75, 3.05) is 66.7 Å². The summed E-state index contributed by atoms with van der Waals surface area (Å²) in [6.07, 6.45) is 13.7. The molecule has 2 unspecified atom stereocenters. The van der Waals surface area contributed by atoms with Crippen LogP contribution >= 0.6 is 11.8 Å². The van der Waals surface area contributed by atoms with Crippen LogP contribution in [0.4, 0.5) is 0 Å². The molecule has 1 heterocycles. The maximum Gasteiger partial charge on any atom is 1.00 e. The molecule has 15 nitrogen and oxygen atoms in total. The van der Waals surface area contributed by atoms with E-state index in [2.05, 4.69) is 86.9 Å². The van der Waals surface area contributed by atoms with Crippen molar-refractivity contribution in [3.05, 3.63) is 74.6 Å². The van der Waals surface area contributed by atoms with Crippen LogP contribution in [0, 0.1) is 17.3 Å². The number of amides is 4. The van der Waals surface area contributed by atoms with E-state index < -0.39 is 11.9 Å². The second-order valence-corrected chi connectivity index (χ2v) is 16.4. The number of aldehydes is 1. The number of carbonyl (C=O) groups excluding carboxylic acids is 5. The molecular weight excluding hydrogens is 864 g/mol. The van der Waals surface area contributed by atoms with Crippen molar-refractivity contribution in [3.8, 4) is 11.8 Å². The Morgan fingerprint density at radius 1 is 1.06 bits per heavy atom. The van der Waals surface area contributed by atoms with Crippen molar-refractivity contribution in [2.45, 2.75) is 112 Å². The Labute approximate surface area is 430 Å². The number of allylic oxidation sites excluding steroid dienone is 5. The van der Waals surface area contributed by atoms with E-state index in [1.165, 1.54) is 60.1 Å². The van der Waals surface area contributed by atoms with Gasteiger partial charge in [-0.3, -0.25) is 19.2 Å². The van der Waals surface area contributed by atoms with Crippen molar-refractivity contribution in [3.63, 3.8) is 0 Å². The van der Waals surface area contributed by atoms with Crippen molar-refractivity contribution in [2.24, 2.45) is 16.9 Å². The molecule has 1 aromatic carbocycles. The number of rotatable bonds is 22. The van der Waals surface area contributed by atoms with E-state index >= 15 is 0 Å². The summed E-state index contributed by atoms with van der Waals surface area (Å²) in [6.45, 7) is 14.5. The monoisotopic (exact) mass is 941 g/mol. The quantitative estimate of drug-likeness (QED) is 0.0490. The Morgan fingerprint density at radius 2 is 1.72 bits per heavy atom. The smallest absolute Gasteiger partial charge is 0.662 e. The minimum absolute atomic E-state index is 0. The van der Waals surface area contributed by atoms with Gasteiger partial charge in [0.1, 0.15) is 12.9 Å². The summed E-state index contributed by atoms with van der Waals surface area (Å²) >= 11 is 1.97. The van der Waals surface area contributed by atoms with Crippen LogP contribution in [0.1, 0.15) is 104 Å². The predicted octanol–water partition coefficient (Wildman–Crippen LogP) is 2.19. The largest absolute Gasteiger partial charge is 1.00 e. The minimum atomic E-state index is -0.733. The fourth-order valence-electron chi connectivity index (χ4n) is 5.69. The van der Waals surface area contributed by atoms with Gasteiger partial charge in [-0.25, -0.2) is 0 Å². The number of benzene rings is 1. The van der Waals surface area contributed by atoms with Gasteiger partial charge in [0.05, 0.1) is 38.3 Å². The maximum atomic E-state index is 12.1. The predicted molar refractivity (Wildman–Crippen MR) is 254 cm³/mol. The van der Waals surface area contributed by atoms with E-state index in [0.717, 1.165) is 43.5 Å². The van der Waals surface area contributed by atoms with Crippen LogP contribution in [0.25, 0.3) is 5.32 Å². The molecule has 3 rings (SSSR count). The number of primary amides is 2. The molecule has 0 saturated heterocycles. The number of carbonyl (C=O) groups is 5. The molecule has 0 radical (unpaired) electrons. The number of unbranched alkanes of at least 4 members (excludes halogenated alkanes) is 2. The van der Waals surface area contributed by atoms with Gasteiger partial charge >= 0.3 is 51.4 Å². The van der Waals surface area contributed by atoms with Crippen molar-refractivity contribution < 1.29 is 95.0 Å². The Morgan fingerprint density at radius 3 is 2.22 bits per heavy atom. The number of ether oxygens (including phenoxy) is 2. The second-order valence-electron chi connectivity index (χ2n) is 15.4. The first kappa shape index (κ1) is 65.4. The number of nitrogens with two attached hydrogens (primary N) is 2. The number of nitrogens with one attached hydrogen (secondary N) is 1. The fourth-order valence-corrected chi connectivity index (χ4v) is 6.93. The van der Waals surface area contributed by atoms with Gasteiger partial charge in [-0.1, -0.05) is 87.3 Å². The van der Waals surface area contributed by atoms with Crippen molar-refractivity contribution in [1.29, 1.82) is 0 Å². The molecule has 1 aliphatic heterocycles. The van der Waals surface area contributed by atoms with Crippen LogP contribution in [0.2, 0.25) is 0 Å². The molecule has 17 heteroatoms. The van der Waals surface area contributed by atoms with E-state index in [1.807, 2.05) is 43.1 Å². The summed E-state index contributed by atoms with van der Waals surface area (Å²) in [5.41, 5.74) is 15.7. The third kappa shape index (κ3) is 31.1. The molecule has 2 aliphatic rings. The first-order valence-electron chi connectivity index (χ1n) is 21.2. The minimum Gasteiger partial charge on any atom is -0.662 e. The molecule has 0 saturated carbocycles. The molecule has 1 aliphatic carbocycles. The number of nitrogens with zero attached hydrogens (tertiary/aromatic N) is 3. The molecule has 0 spiro atoms. The number of aliphatic hydroxyl groups excluding tert-OH is 2. The average Bonchev–Trinajstić information content (AvgIpc) is 3.60. The summed E-state index contributed by atoms with van der Waals surface area (Å²) in [7, 11) is 5.04. The first-order valence-corrected chi connectivity index (χ1v) is 22.2. The van der Waals surface area contributed by atoms with E-state index in [1.54, 1.807) is 5.57 Å². The molecule has 0 fully saturated rings. The van der Waals surface area contributed by atoms with Crippen molar-refractivity contribution >= 4 is 42.7 Å². The van der Waals surface area contributed by atoms with Gasteiger partial charge in [0.2, 0.25) is 24.6 Å². The molecule has 1 aromatic rings. The summed E-state index contributed by atoms with van der Waals surface area (Å²) in [5.74, 6) is 6.21. The third-order valence-corrected chi connectivity index (χ3v) is 11.2. The molecule has 7 N–H and O–H groups in total. The van der Waals surface area contributed by atoms with Crippen LogP contribution in [0.15, 0.2) is 58.2 Å². The molecule has 2 atom stereocenters. The van der Waals surface area contributed by atoms with Crippen LogP contribution < -0.4 is 68.2 Å². The second kappa shape index (κ2) is 41.6. The van der Waals surface area contributed by atoms with E-state index in [9.17, 15) is 19.2 Å². The molecule has 356 valence electrons. The zero-order valence-corrected chi connectivity index (χ0v) is 44.3. The number of aliphatic hydroxyl groups is 2. The SMILES string of the molecule is CC(=O)N(Cc1ccccc1C#CCOCCOCCO)C(C=O)CCC(N)=O.CC1=C(C2=CC=C(CCCCCNC=O)CC2)SCN1C.CO.C[N-]C(C)C(C)(C)C.NC=O.[K+]. The van der Waals surface area contributed by atoms with E-state index in [0.29, 0.717) is 31.0 Å². The van der Waals surface area contributed by atoms with Gasteiger partial charge in [-0.15, -0.1) is 17.8 Å². The van der Waals surface area contributed by atoms with Crippen LogP contribution in [0.5, 0.6) is 0 Å². The van der Waals surface area contributed by atoms with Gasteiger partial charge in [0.25, 0.3) is 0 Å². The zero-order valence-electron chi connectivity index (χ0n) is 40.3. The summed E-state index contributed by atoms with van der Waals surface area (Å²) in [6, 6.07) is 7.06. The molecule has 0 bridgehead atoms. The first-order chi connectivity index (χ1) is 30.1. The van der Waals surface area contributed by atoms with Gasteiger partial charge in [0, 0.05) is 56.8 Å². The van der Waals surface area contributed by atoms with Gasteiger partial charge < -0.3 is 56.4 Å². The number of thioether (sulfide) groups is 1. The molecule has 4 amide bonds. The van der Waals surface area contributed by atoms with Gasteiger partial charge in [-0.05, 0) is 62.7 Å². The summed E-state index contributed by atoms with van der Waals surface area (Å²) in [5, 5.41) is 22.5. The Hall–Kier alpha value is -2.86. The average molecular weight is 941 g/mol. The summed E-state index contributed by atoms with van der Waals surface area (Å²) < 4.78 is 10.4. The van der Waals surface area contributed by atoms with E-state index in [-0.39, 0.29) is 103 Å². The Balaban J connectivity index is -0.000000924. The van der Waals surface area contributed by atoms with Crippen molar-refractivity contribution in [1.82, 2.24) is 15.1 Å². The van der Waals surface area contributed by atoms with Gasteiger partial charge in [-0.2, -0.15) is 7.05 Å². The maximum absolute atomic E-state index is 12.1. The Bertz CT molecular complexity index is 1630. The third-order valence-electron chi connectivity index (χ3n) is 9.89. The van der Waals surface area contributed by atoms with Crippen LogP contribution in [-0.2, 0) is 40.0 Å². The van der Waals surface area contributed by atoms with Crippen LogP contribution in [0.3, 0.4) is 0 Å². The van der Waals surface area contributed by atoms with Gasteiger partial charge in [0.15, 0.2) is 0 Å². The number of hydrogen-bond donors (Lipinski definition) is 5. The molecule has 64 heavy (non-hydrogen) atoms. The normalized spacial score (nSPS) is 13.5. The Kier molecular flexibility index (Phi) is 42.5. The standard InChI is InChI=1S/C21H28N2O6.C17H26N2OS.C7H16N.CH3NO.CH4O.K/c1-17(26)23(20(16-25)8-9-21(22)27)15-19-6-3-2-5-18(19)7-4-11-28-13-14-29-12-10-24;1-14-17(21-13-19(14)2)16-9-7-15(8-10-16)6-4-3-5-11-18-12-20;1-6(8-5)7(2,3)4;2-1-3;1-2;/h2-3,5-6,16,20,24H,8-15H2,1H3,(H2,22,27);7,9,12H,3-6,8,10-11,13H2,1-2H3,(H,18,20);6H,1-5H3;1H,(H2,2,3);2H,1H3;/q;;-1;;;+1. The van der Waals surface area contributed by atoms with Crippen LogP contribution in [-0.4, -0.2) is 130 Å². The zero-order chi connectivity index (χ0) is 48.1. The molecule has 0 aromatic heterocycles. The number of hydrogen-bond acceptors (Lipinski definition) is 11. The van der Waals surface area contributed by atoms with E-state index in [4.69, 9.17) is 30.2 Å². The topological polar surface area (TPSA) is 229 Å². The fraction of sp³-hybridized carbons (Fsp3) is 0.596.